The number of ether oxygens (including phenoxy) is 1. The van der Waals surface area contributed by atoms with Gasteiger partial charge in [0.15, 0.2) is 5.82 Å². The number of fused-ring (bicyclic) bond motifs is 2. The summed E-state index contributed by atoms with van der Waals surface area (Å²) in [6, 6.07) is 4.80. The summed E-state index contributed by atoms with van der Waals surface area (Å²) in [6.07, 6.45) is 2.90. The topological polar surface area (TPSA) is 121 Å². The van der Waals surface area contributed by atoms with Crippen molar-refractivity contribution >= 4 is 61.4 Å². The maximum Gasteiger partial charge on any atom is 0.410 e. The molecule has 1 amide bonds. The van der Waals surface area contributed by atoms with Gasteiger partial charge in [-0.25, -0.2) is 24.4 Å². The molecule has 3 aromatic heterocycles. The smallest absolute Gasteiger partial charge is 0.410 e. The summed E-state index contributed by atoms with van der Waals surface area (Å²) in [5, 5.41) is 6.77. The van der Waals surface area contributed by atoms with E-state index in [1.54, 1.807) is 34.0 Å². The molecule has 11 nitrogen and oxygen atoms in total. The fourth-order valence-electron chi connectivity index (χ4n) is 4.46. The number of hydrogen-bond donors (Lipinski definition) is 2. The number of hydrogen-bond acceptors (Lipinski definition) is 8. The van der Waals surface area contributed by atoms with Crippen LogP contribution in [-0.2, 0) is 4.74 Å². The van der Waals surface area contributed by atoms with Gasteiger partial charge in [-0.1, -0.05) is 17.7 Å². The third kappa shape index (κ3) is 5.02. The van der Waals surface area contributed by atoms with Crippen LogP contribution in [0, 0.1) is 0 Å². The van der Waals surface area contributed by atoms with E-state index in [-0.39, 0.29) is 11.7 Å². The van der Waals surface area contributed by atoms with Crippen molar-refractivity contribution in [2.24, 2.45) is 0 Å². The summed E-state index contributed by atoms with van der Waals surface area (Å²) in [5.41, 5.74) is 0.325. The normalized spacial score (nSPS) is 15.2. The molecule has 1 atom stereocenters. The Morgan fingerprint density at radius 3 is 2.63 bits per heavy atom. The molecule has 38 heavy (non-hydrogen) atoms. The van der Waals surface area contributed by atoms with Gasteiger partial charge in [-0.05, 0) is 55.8 Å². The first-order chi connectivity index (χ1) is 18.0. The van der Waals surface area contributed by atoms with E-state index in [0.717, 1.165) is 9.86 Å². The van der Waals surface area contributed by atoms with Crippen molar-refractivity contribution in [1.82, 2.24) is 29.5 Å². The second kappa shape index (κ2) is 10.1. The third-order valence-electron chi connectivity index (χ3n) is 6.20. The summed E-state index contributed by atoms with van der Waals surface area (Å²) in [4.78, 5) is 44.8. The summed E-state index contributed by atoms with van der Waals surface area (Å²) in [5.74, 6) is 1.09. The fourth-order valence-corrected chi connectivity index (χ4v) is 5.20. The molecule has 4 aromatic rings. The molecule has 0 radical (unpaired) electrons. The van der Waals surface area contributed by atoms with Crippen molar-refractivity contribution in [3.05, 3.63) is 56.4 Å². The Balaban J connectivity index is 1.51. The number of nitrogens with zero attached hydrogens (tertiary/aromatic N) is 6. The highest BCUT2D eigenvalue weighted by atomic mass is 79.9. The average molecular weight is 604 g/mol. The zero-order valence-corrected chi connectivity index (χ0v) is 23.8. The van der Waals surface area contributed by atoms with E-state index >= 15 is 0 Å². The third-order valence-corrected chi connectivity index (χ3v) is 7.14. The molecule has 5 rings (SSSR count). The minimum atomic E-state index is -0.584. The molecule has 0 unspecified atom stereocenters. The van der Waals surface area contributed by atoms with Crippen LogP contribution < -0.4 is 15.9 Å². The first kappa shape index (κ1) is 26.2. The molecule has 0 spiro atoms. The van der Waals surface area contributed by atoms with Crippen molar-refractivity contribution in [3.8, 4) is 0 Å². The maximum atomic E-state index is 13.9. The van der Waals surface area contributed by atoms with Crippen molar-refractivity contribution in [2.45, 2.75) is 39.3 Å². The maximum absolute atomic E-state index is 13.9. The number of aromatic amines is 1. The molecule has 1 aliphatic heterocycles. The van der Waals surface area contributed by atoms with Crippen LogP contribution in [0.4, 0.5) is 10.6 Å². The van der Waals surface area contributed by atoms with Gasteiger partial charge < -0.3 is 24.9 Å². The summed E-state index contributed by atoms with van der Waals surface area (Å²) in [7, 11) is 0. The minimum Gasteiger partial charge on any atom is -0.444 e. The van der Waals surface area contributed by atoms with Gasteiger partial charge in [0.05, 0.1) is 40.4 Å². The lowest BCUT2D eigenvalue weighted by atomic mass is 10.2. The largest absolute Gasteiger partial charge is 0.444 e. The number of aromatic nitrogens is 5. The number of piperazine rings is 1. The van der Waals surface area contributed by atoms with Gasteiger partial charge in [0, 0.05) is 23.8 Å². The van der Waals surface area contributed by atoms with E-state index in [4.69, 9.17) is 21.3 Å². The number of carbonyl (C=O) groups is 1. The second-order valence-corrected chi connectivity index (χ2v) is 11.4. The number of carbonyl (C=O) groups excluding carboxylic acids is 1. The quantitative estimate of drug-likeness (QED) is 0.351. The number of H-pyrrole nitrogens is 1. The van der Waals surface area contributed by atoms with Gasteiger partial charge in [0.1, 0.15) is 23.4 Å². The monoisotopic (exact) mass is 602 g/mol. The molecular formula is C25H28BrClN8O3. The Kier molecular flexibility index (Phi) is 6.95. The van der Waals surface area contributed by atoms with Crippen LogP contribution in [0.1, 0.15) is 39.6 Å². The van der Waals surface area contributed by atoms with Gasteiger partial charge >= 0.3 is 6.09 Å². The first-order valence-electron chi connectivity index (χ1n) is 12.2. The molecule has 0 saturated carbocycles. The van der Waals surface area contributed by atoms with E-state index in [1.807, 2.05) is 32.7 Å². The highest BCUT2D eigenvalue weighted by molar-refractivity contribution is 9.10. The lowest BCUT2D eigenvalue weighted by molar-refractivity contribution is 0.0231. The molecule has 200 valence electrons. The summed E-state index contributed by atoms with van der Waals surface area (Å²) < 4.78 is 7.91. The van der Waals surface area contributed by atoms with Crippen molar-refractivity contribution in [3.63, 3.8) is 0 Å². The highest BCUT2D eigenvalue weighted by Gasteiger charge is 2.29. The van der Waals surface area contributed by atoms with E-state index in [1.165, 1.54) is 6.33 Å². The molecule has 1 aromatic carbocycles. The highest BCUT2D eigenvalue weighted by Crippen LogP contribution is 2.30. The molecule has 0 aliphatic carbocycles. The number of amides is 1. The molecule has 13 heteroatoms. The number of benzene rings is 1. The molecule has 0 bridgehead atoms. The Morgan fingerprint density at radius 1 is 1.18 bits per heavy atom. The van der Waals surface area contributed by atoms with Crippen LogP contribution >= 0.6 is 27.5 Å². The number of halogens is 2. The molecule has 1 aliphatic rings. The Morgan fingerprint density at radius 2 is 1.92 bits per heavy atom. The summed E-state index contributed by atoms with van der Waals surface area (Å²) >= 11 is 9.99. The standard InChI is InChI=1S/C25H28BrClN8O3/c1-14(31-21-18-15(26)12-28-20(18)29-13-30-21)22-32-17-7-5-6-16(27)19(17)23(36)35(22)34-10-8-33(9-11-34)24(37)38-25(2,3)4/h5-7,12-14H,8-11H2,1-4H3,(H2,28,29,30,31)/t14-/m0/s1. The Hall–Kier alpha value is -3.38. The van der Waals surface area contributed by atoms with Gasteiger partial charge in [-0.2, -0.15) is 0 Å². The number of rotatable bonds is 4. The van der Waals surface area contributed by atoms with E-state index in [0.29, 0.717) is 59.4 Å². The van der Waals surface area contributed by atoms with Crippen LogP contribution in [-0.4, -0.2) is 67.4 Å². The van der Waals surface area contributed by atoms with Crippen LogP contribution in [0.15, 0.2) is 40.0 Å². The van der Waals surface area contributed by atoms with Crippen molar-refractivity contribution in [1.29, 1.82) is 0 Å². The minimum absolute atomic E-state index is 0.273. The predicted molar refractivity (Wildman–Crippen MR) is 150 cm³/mol. The molecule has 1 fully saturated rings. The van der Waals surface area contributed by atoms with Gasteiger partial charge in [-0.15, -0.1) is 0 Å². The zero-order chi connectivity index (χ0) is 27.2. The average Bonchev–Trinajstić information content (AvgIpc) is 3.24. The second-order valence-electron chi connectivity index (χ2n) is 10.1. The van der Waals surface area contributed by atoms with Gasteiger partial charge in [-0.3, -0.25) is 4.79 Å². The van der Waals surface area contributed by atoms with E-state index in [2.05, 4.69) is 36.2 Å². The Labute approximate surface area is 232 Å². The van der Waals surface area contributed by atoms with Crippen LogP contribution in [0.5, 0.6) is 0 Å². The van der Waals surface area contributed by atoms with Crippen molar-refractivity contribution in [2.75, 3.05) is 36.5 Å². The summed E-state index contributed by atoms with van der Waals surface area (Å²) in [6.45, 7) is 9.04. The zero-order valence-electron chi connectivity index (χ0n) is 21.5. The molecular weight excluding hydrogens is 576 g/mol. The molecule has 1 saturated heterocycles. The Bertz CT molecular complexity index is 1570. The van der Waals surface area contributed by atoms with Crippen LogP contribution in [0.25, 0.3) is 21.9 Å². The lowest BCUT2D eigenvalue weighted by Crippen LogP contribution is -2.57. The molecule has 2 N–H and O–H groups in total. The number of nitrogens with one attached hydrogen (secondary N) is 2. The van der Waals surface area contributed by atoms with Crippen molar-refractivity contribution < 1.29 is 9.53 Å². The van der Waals surface area contributed by atoms with Gasteiger partial charge in [0.25, 0.3) is 5.56 Å². The lowest BCUT2D eigenvalue weighted by Gasteiger charge is -2.38. The van der Waals surface area contributed by atoms with E-state index in [9.17, 15) is 9.59 Å². The SMILES string of the molecule is C[C@H](Nc1ncnc2[nH]cc(Br)c12)c1nc2cccc(Cl)c2c(=O)n1N1CCN(C(=O)OC(C)(C)C)CC1. The van der Waals surface area contributed by atoms with Crippen LogP contribution in [0.2, 0.25) is 5.02 Å². The first-order valence-corrected chi connectivity index (χ1v) is 13.4. The van der Waals surface area contributed by atoms with E-state index < -0.39 is 11.6 Å². The predicted octanol–water partition coefficient (Wildman–Crippen LogP) is 4.45. The van der Waals surface area contributed by atoms with Crippen LogP contribution in [0.3, 0.4) is 0 Å². The molecule has 4 heterocycles. The number of anilines is 1. The fraction of sp³-hybridized carbons (Fsp3) is 0.400. The van der Waals surface area contributed by atoms with Gasteiger partial charge in [0.2, 0.25) is 0 Å².